The first kappa shape index (κ1) is 10.9. The van der Waals surface area contributed by atoms with Crippen LogP contribution in [0.2, 0.25) is 0 Å². The molecule has 0 radical (unpaired) electrons. The van der Waals surface area contributed by atoms with Gasteiger partial charge in [-0.05, 0) is 41.7 Å². The van der Waals surface area contributed by atoms with Gasteiger partial charge in [0, 0.05) is 0 Å². The molecule has 0 aliphatic heterocycles. The molecule has 0 aliphatic rings. The van der Waals surface area contributed by atoms with Gasteiger partial charge in [0.15, 0.2) is 0 Å². The minimum absolute atomic E-state index is 0.435. The van der Waals surface area contributed by atoms with Gasteiger partial charge in [0.2, 0.25) is 4.77 Å². The summed E-state index contributed by atoms with van der Waals surface area (Å²) in [6, 6.07) is 19.6. The Balaban J connectivity index is 2.23. The van der Waals surface area contributed by atoms with Gasteiger partial charge in [-0.1, -0.05) is 41.5 Å². The predicted octanol–water partition coefficient (Wildman–Crippen LogP) is 2.79. The second-order valence-electron chi connectivity index (χ2n) is 3.74. The van der Waals surface area contributed by atoms with Crippen molar-refractivity contribution in [2.75, 3.05) is 0 Å². The third-order valence-electron chi connectivity index (χ3n) is 2.57. The summed E-state index contributed by atoms with van der Waals surface area (Å²) < 4.78 is 2.23. The first-order chi connectivity index (χ1) is 8.86. The molecule has 5 heteroatoms. The van der Waals surface area contributed by atoms with E-state index < -0.39 is 0 Å². The number of para-hydroxylation sites is 2. The Morgan fingerprint density at radius 2 is 1.33 bits per heavy atom. The van der Waals surface area contributed by atoms with Crippen molar-refractivity contribution in [1.82, 2.24) is 19.8 Å². The Bertz CT molecular complexity index is 701. The molecule has 0 amide bonds. The molecular weight excluding hydrogens is 244 g/mol. The molecule has 0 fully saturated rings. The second-order valence-corrected chi connectivity index (χ2v) is 4.11. The van der Waals surface area contributed by atoms with Gasteiger partial charge in [-0.2, -0.15) is 0 Å². The molecule has 3 rings (SSSR count). The zero-order chi connectivity index (χ0) is 12.4. The lowest BCUT2D eigenvalue weighted by Crippen LogP contribution is -2.10. The van der Waals surface area contributed by atoms with Crippen LogP contribution in [0.3, 0.4) is 0 Å². The summed E-state index contributed by atoms with van der Waals surface area (Å²) in [5.74, 6) is 0. The van der Waals surface area contributed by atoms with E-state index >= 15 is 0 Å². The number of rotatable bonds is 2. The molecule has 0 N–H and O–H groups in total. The van der Waals surface area contributed by atoms with Crippen LogP contribution < -0.4 is 0 Å². The van der Waals surface area contributed by atoms with Crippen molar-refractivity contribution in [3.05, 3.63) is 65.4 Å². The van der Waals surface area contributed by atoms with Crippen LogP contribution >= 0.6 is 12.2 Å². The van der Waals surface area contributed by atoms with Crippen molar-refractivity contribution >= 4 is 12.2 Å². The molecule has 1 heterocycles. The summed E-state index contributed by atoms with van der Waals surface area (Å²) in [5, 5.41) is 8.05. The van der Waals surface area contributed by atoms with Crippen molar-refractivity contribution < 1.29 is 0 Å². The number of hydrogen-bond acceptors (Lipinski definition) is 3. The highest BCUT2D eigenvalue weighted by molar-refractivity contribution is 7.71. The van der Waals surface area contributed by atoms with Gasteiger partial charge in [-0.25, -0.2) is 4.68 Å². The molecule has 0 aliphatic carbocycles. The van der Waals surface area contributed by atoms with Gasteiger partial charge in [-0.15, -0.1) is 4.80 Å². The molecule has 0 unspecified atom stereocenters. The van der Waals surface area contributed by atoms with E-state index in [-0.39, 0.29) is 0 Å². The quantitative estimate of drug-likeness (QED) is 0.660. The third-order valence-corrected chi connectivity index (χ3v) is 2.83. The highest BCUT2D eigenvalue weighted by atomic mass is 32.1. The molecule has 0 spiro atoms. The van der Waals surface area contributed by atoms with Crippen LogP contribution in [0.5, 0.6) is 0 Å². The first-order valence-corrected chi connectivity index (χ1v) is 5.93. The molecule has 3 aromatic rings. The lowest BCUT2D eigenvalue weighted by atomic mass is 10.3. The summed E-state index contributed by atoms with van der Waals surface area (Å²) in [6.45, 7) is 0. The second kappa shape index (κ2) is 4.54. The van der Waals surface area contributed by atoms with Crippen LogP contribution in [-0.2, 0) is 0 Å². The van der Waals surface area contributed by atoms with Crippen LogP contribution in [0, 0.1) is 4.77 Å². The van der Waals surface area contributed by atoms with Crippen molar-refractivity contribution in [1.29, 1.82) is 0 Å². The van der Waals surface area contributed by atoms with E-state index in [0.29, 0.717) is 4.77 Å². The molecule has 4 nitrogen and oxygen atoms in total. The molecule has 1 aromatic heterocycles. The van der Waals surface area contributed by atoms with Crippen molar-refractivity contribution in [3.8, 4) is 11.4 Å². The van der Waals surface area contributed by atoms with Crippen LogP contribution in [0.1, 0.15) is 0 Å². The van der Waals surface area contributed by atoms with Crippen molar-refractivity contribution in [3.63, 3.8) is 0 Å². The van der Waals surface area contributed by atoms with Crippen LogP contribution in [0.25, 0.3) is 11.4 Å². The Morgan fingerprint density at radius 3 is 1.94 bits per heavy atom. The molecule has 2 aromatic carbocycles. The maximum absolute atomic E-state index is 5.22. The summed E-state index contributed by atoms with van der Waals surface area (Å²) in [7, 11) is 0. The fourth-order valence-electron chi connectivity index (χ4n) is 1.76. The summed E-state index contributed by atoms with van der Waals surface area (Å²) in [6.07, 6.45) is 0. The number of benzene rings is 2. The van der Waals surface area contributed by atoms with Gasteiger partial charge in [0.25, 0.3) is 0 Å². The standard InChI is InChI=1S/C13H10N4S/c18-13-14-15-17(12-9-5-2-6-10-12)16(13)11-7-3-1-4-8-11/h1-10H. The lowest BCUT2D eigenvalue weighted by Gasteiger charge is -2.08. The van der Waals surface area contributed by atoms with Crippen LogP contribution in [-0.4, -0.2) is 19.8 Å². The van der Waals surface area contributed by atoms with E-state index in [1.807, 2.05) is 60.7 Å². The minimum atomic E-state index is 0.435. The van der Waals surface area contributed by atoms with E-state index in [1.54, 1.807) is 9.48 Å². The van der Waals surface area contributed by atoms with Crippen molar-refractivity contribution in [2.24, 2.45) is 0 Å². The Hall–Kier alpha value is -2.27. The third kappa shape index (κ3) is 1.84. The topological polar surface area (TPSA) is 35.6 Å². The normalized spacial score (nSPS) is 10.4. The highest BCUT2D eigenvalue weighted by Crippen LogP contribution is 2.11. The summed E-state index contributed by atoms with van der Waals surface area (Å²) >= 11 is 5.22. The summed E-state index contributed by atoms with van der Waals surface area (Å²) in [5.41, 5.74) is 1.86. The van der Waals surface area contributed by atoms with Gasteiger partial charge >= 0.3 is 0 Å². The molecule has 88 valence electrons. The maximum Gasteiger partial charge on any atom is 0.243 e. The molecule has 0 atom stereocenters. The van der Waals surface area contributed by atoms with Gasteiger partial charge < -0.3 is 0 Å². The van der Waals surface area contributed by atoms with E-state index in [0.717, 1.165) is 11.4 Å². The Kier molecular flexibility index (Phi) is 2.74. The SMILES string of the molecule is S=c1nnn(-c2ccccc2)n1-c1ccccc1. The zero-order valence-electron chi connectivity index (χ0n) is 9.47. The van der Waals surface area contributed by atoms with Gasteiger partial charge in [0.1, 0.15) is 0 Å². The van der Waals surface area contributed by atoms with Crippen LogP contribution in [0.4, 0.5) is 0 Å². The fraction of sp³-hybridized carbons (Fsp3) is 0. The largest absolute Gasteiger partial charge is 0.243 e. The monoisotopic (exact) mass is 254 g/mol. The average molecular weight is 254 g/mol. The average Bonchev–Trinajstić information content (AvgIpc) is 2.83. The van der Waals surface area contributed by atoms with Crippen molar-refractivity contribution in [2.45, 2.75) is 0 Å². The Labute approximate surface area is 109 Å². The number of hydrogen-bond donors (Lipinski definition) is 0. The maximum atomic E-state index is 5.22. The number of nitrogens with zero attached hydrogens (tertiary/aromatic N) is 4. The van der Waals surface area contributed by atoms with E-state index in [2.05, 4.69) is 10.3 Å². The molecule has 0 saturated heterocycles. The van der Waals surface area contributed by atoms with Crippen LogP contribution in [0.15, 0.2) is 60.7 Å². The van der Waals surface area contributed by atoms with E-state index in [4.69, 9.17) is 12.2 Å². The first-order valence-electron chi connectivity index (χ1n) is 5.52. The van der Waals surface area contributed by atoms with Gasteiger partial charge in [0.05, 0.1) is 11.4 Å². The van der Waals surface area contributed by atoms with Gasteiger partial charge in [-0.3, -0.25) is 0 Å². The molecular formula is C13H10N4S. The zero-order valence-corrected chi connectivity index (χ0v) is 10.3. The van der Waals surface area contributed by atoms with E-state index in [9.17, 15) is 0 Å². The minimum Gasteiger partial charge on any atom is -0.202 e. The van der Waals surface area contributed by atoms with E-state index in [1.165, 1.54) is 0 Å². The predicted molar refractivity (Wildman–Crippen MR) is 71.5 cm³/mol. The highest BCUT2D eigenvalue weighted by Gasteiger charge is 2.07. The molecule has 18 heavy (non-hydrogen) atoms. The summed E-state index contributed by atoms with van der Waals surface area (Å²) in [4.78, 5) is 1.69. The fourth-order valence-corrected chi connectivity index (χ4v) is 1.98. The number of aromatic nitrogens is 4. The Morgan fingerprint density at radius 1 is 0.778 bits per heavy atom. The number of tetrazole rings is 1. The lowest BCUT2D eigenvalue weighted by molar-refractivity contribution is 0.642. The smallest absolute Gasteiger partial charge is 0.202 e. The molecule has 0 saturated carbocycles. The molecule has 0 bridgehead atoms.